The Morgan fingerprint density at radius 3 is 2.25 bits per heavy atom. The number of ether oxygens (including phenoxy) is 1. The van der Waals surface area contributed by atoms with Crippen molar-refractivity contribution >= 4 is 0 Å². The van der Waals surface area contributed by atoms with Gasteiger partial charge in [-0.3, -0.25) is 0 Å². The Morgan fingerprint density at radius 1 is 1.25 bits per heavy atom. The average Bonchev–Trinajstić information content (AvgIpc) is 2.50. The fourth-order valence-electron chi connectivity index (χ4n) is 3.75. The highest BCUT2D eigenvalue weighted by Gasteiger charge is 2.52. The molecule has 3 heteroatoms. The van der Waals surface area contributed by atoms with E-state index in [1.54, 1.807) is 0 Å². The lowest BCUT2D eigenvalue weighted by molar-refractivity contribution is -0.0809. The maximum absolute atomic E-state index is 13.0. The predicted molar refractivity (Wildman–Crippen MR) is 80.0 cm³/mol. The summed E-state index contributed by atoms with van der Waals surface area (Å²) in [4.78, 5) is 0. The molecule has 0 amide bonds. The lowest BCUT2D eigenvalue weighted by atomic mass is 9.71. The van der Waals surface area contributed by atoms with Gasteiger partial charge in [0.1, 0.15) is 5.82 Å². The first-order valence-corrected chi connectivity index (χ1v) is 7.25. The number of nitrogens with two attached hydrogens (primary N) is 1. The van der Waals surface area contributed by atoms with Gasteiger partial charge in [-0.05, 0) is 65.2 Å². The van der Waals surface area contributed by atoms with Crippen molar-refractivity contribution in [2.24, 2.45) is 11.7 Å². The minimum Gasteiger partial charge on any atom is -0.369 e. The van der Waals surface area contributed by atoms with Crippen LogP contribution in [0.15, 0.2) is 24.3 Å². The molecule has 0 radical (unpaired) electrons. The molecule has 2 rings (SSSR count). The van der Waals surface area contributed by atoms with E-state index in [2.05, 4.69) is 34.6 Å². The topological polar surface area (TPSA) is 35.2 Å². The Morgan fingerprint density at radius 2 is 1.80 bits per heavy atom. The Labute approximate surface area is 121 Å². The van der Waals surface area contributed by atoms with Crippen molar-refractivity contribution in [2.75, 3.05) is 0 Å². The summed E-state index contributed by atoms with van der Waals surface area (Å²) in [6, 6.07) is 6.61. The van der Waals surface area contributed by atoms with E-state index < -0.39 is 0 Å². The van der Waals surface area contributed by atoms with Crippen LogP contribution in [0.5, 0.6) is 0 Å². The van der Waals surface area contributed by atoms with E-state index in [9.17, 15) is 4.39 Å². The van der Waals surface area contributed by atoms with Crippen molar-refractivity contribution < 1.29 is 9.13 Å². The Hall–Kier alpha value is -0.930. The van der Waals surface area contributed by atoms with Crippen LogP contribution >= 0.6 is 0 Å². The van der Waals surface area contributed by atoms with Crippen molar-refractivity contribution in [3.8, 4) is 0 Å². The molecular weight excluding hydrogens is 253 g/mol. The molecule has 0 saturated carbocycles. The molecular formula is C17H26FNO. The van der Waals surface area contributed by atoms with E-state index in [0.717, 1.165) is 18.4 Å². The van der Waals surface area contributed by atoms with Gasteiger partial charge in [0.25, 0.3) is 0 Å². The van der Waals surface area contributed by atoms with Crippen LogP contribution in [0.25, 0.3) is 0 Å². The third-order valence-electron chi connectivity index (χ3n) is 4.37. The molecule has 1 saturated heterocycles. The van der Waals surface area contributed by atoms with Crippen LogP contribution in [-0.4, -0.2) is 16.7 Å². The summed E-state index contributed by atoms with van der Waals surface area (Å²) in [5.74, 6) is 0.0493. The molecule has 0 aliphatic carbocycles. The number of hydrogen-bond acceptors (Lipinski definition) is 2. The molecule has 1 aliphatic heterocycles. The second-order valence-corrected chi connectivity index (χ2v) is 7.53. The van der Waals surface area contributed by atoms with Gasteiger partial charge >= 0.3 is 0 Å². The fourth-order valence-corrected chi connectivity index (χ4v) is 3.75. The summed E-state index contributed by atoms with van der Waals surface area (Å²) < 4.78 is 19.1. The maximum Gasteiger partial charge on any atom is 0.123 e. The number of rotatable bonds is 3. The van der Waals surface area contributed by atoms with Crippen LogP contribution in [0, 0.1) is 11.7 Å². The van der Waals surface area contributed by atoms with Gasteiger partial charge in [0, 0.05) is 11.5 Å². The van der Waals surface area contributed by atoms with Crippen LogP contribution in [0.1, 0.15) is 46.6 Å². The van der Waals surface area contributed by atoms with Crippen molar-refractivity contribution in [3.63, 3.8) is 0 Å². The summed E-state index contributed by atoms with van der Waals surface area (Å²) in [6.45, 7) is 10.5. The molecule has 1 aromatic rings. The molecule has 1 heterocycles. The van der Waals surface area contributed by atoms with Gasteiger partial charge in [0.15, 0.2) is 0 Å². The minimum absolute atomic E-state index is 0.141. The zero-order chi connectivity index (χ0) is 15.2. The van der Waals surface area contributed by atoms with E-state index in [4.69, 9.17) is 10.5 Å². The number of hydrogen-bond donors (Lipinski definition) is 1. The highest BCUT2D eigenvalue weighted by molar-refractivity contribution is 5.20. The van der Waals surface area contributed by atoms with Gasteiger partial charge < -0.3 is 10.5 Å². The van der Waals surface area contributed by atoms with Crippen molar-refractivity contribution in [2.45, 2.75) is 64.2 Å². The van der Waals surface area contributed by atoms with Crippen LogP contribution in [0.2, 0.25) is 0 Å². The van der Waals surface area contributed by atoms with Crippen LogP contribution in [0.4, 0.5) is 4.39 Å². The average molecular weight is 279 g/mol. The van der Waals surface area contributed by atoms with Gasteiger partial charge in [0.2, 0.25) is 0 Å². The fraction of sp³-hybridized carbons (Fsp3) is 0.647. The molecule has 2 N–H and O–H groups in total. The van der Waals surface area contributed by atoms with Gasteiger partial charge in [0.05, 0.1) is 11.2 Å². The van der Waals surface area contributed by atoms with Crippen LogP contribution < -0.4 is 5.73 Å². The largest absolute Gasteiger partial charge is 0.369 e. The monoisotopic (exact) mass is 279 g/mol. The van der Waals surface area contributed by atoms with E-state index in [-0.39, 0.29) is 28.5 Å². The normalized spacial score (nSPS) is 27.2. The summed E-state index contributed by atoms with van der Waals surface area (Å²) in [5, 5.41) is 0. The van der Waals surface area contributed by atoms with E-state index in [1.165, 1.54) is 12.1 Å². The third kappa shape index (κ3) is 3.21. The molecule has 20 heavy (non-hydrogen) atoms. The Kier molecular flexibility index (Phi) is 3.72. The highest BCUT2D eigenvalue weighted by atomic mass is 19.1. The molecule has 2 unspecified atom stereocenters. The van der Waals surface area contributed by atoms with Gasteiger partial charge in [-0.2, -0.15) is 0 Å². The van der Waals surface area contributed by atoms with Crippen molar-refractivity contribution in [1.29, 1.82) is 0 Å². The van der Waals surface area contributed by atoms with Crippen molar-refractivity contribution in [3.05, 3.63) is 35.6 Å². The summed E-state index contributed by atoms with van der Waals surface area (Å²) >= 11 is 0. The zero-order valence-corrected chi connectivity index (χ0v) is 13.2. The van der Waals surface area contributed by atoms with E-state index in [1.807, 2.05) is 12.1 Å². The molecule has 1 fully saturated rings. The molecule has 2 atom stereocenters. The quantitative estimate of drug-likeness (QED) is 0.916. The van der Waals surface area contributed by atoms with Gasteiger partial charge in [-0.1, -0.05) is 12.1 Å². The Bertz CT molecular complexity index is 476. The molecule has 1 aromatic carbocycles. The lowest BCUT2D eigenvalue weighted by Crippen LogP contribution is -2.52. The second kappa shape index (κ2) is 4.81. The predicted octanol–water partition coefficient (Wildman–Crippen LogP) is 3.68. The van der Waals surface area contributed by atoms with Crippen LogP contribution in [-0.2, 0) is 11.2 Å². The molecule has 0 spiro atoms. The van der Waals surface area contributed by atoms with Gasteiger partial charge in [-0.15, -0.1) is 0 Å². The van der Waals surface area contributed by atoms with Crippen LogP contribution in [0.3, 0.4) is 0 Å². The summed E-state index contributed by atoms with van der Waals surface area (Å²) in [5.41, 5.74) is 6.92. The number of halogens is 1. The lowest BCUT2D eigenvalue weighted by Gasteiger charge is -2.39. The second-order valence-electron chi connectivity index (χ2n) is 7.53. The third-order valence-corrected chi connectivity index (χ3v) is 4.37. The highest BCUT2D eigenvalue weighted by Crippen LogP contribution is 2.46. The first-order valence-electron chi connectivity index (χ1n) is 7.25. The summed E-state index contributed by atoms with van der Waals surface area (Å²) in [6.07, 6.45) is 1.66. The maximum atomic E-state index is 13.0. The number of benzene rings is 1. The molecule has 1 aliphatic rings. The molecule has 0 aromatic heterocycles. The SMILES string of the molecule is CC1(C)CC(C(C)(N)Cc2ccc(F)cc2)C(C)(C)O1. The smallest absolute Gasteiger partial charge is 0.123 e. The van der Waals surface area contributed by atoms with Crippen molar-refractivity contribution in [1.82, 2.24) is 0 Å². The molecule has 0 bridgehead atoms. The van der Waals surface area contributed by atoms with Gasteiger partial charge in [-0.25, -0.2) is 4.39 Å². The summed E-state index contributed by atoms with van der Waals surface area (Å²) in [7, 11) is 0. The first kappa shape index (κ1) is 15.5. The molecule has 112 valence electrons. The van der Waals surface area contributed by atoms with E-state index >= 15 is 0 Å². The Balaban J connectivity index is 2.19. The molecule has 2 nitrogen and oxygen atoms in total. The zero-order valence-electron chi connectivity index (χ0n) is 13.2. The minimum atomic E-state index is -0.380. The standard InChI is InChI=1S/C17H26FNO/c1-15(2)11-14(16(3,4)20-15)17(5,19)10-12-6-8-13(18)9-7-12/h6-9,14H,10-11,19H2,1-5H3. The van der Waals surface area contributed by atoms with E-state index in [0.29, 0.717) is 0 Å². The first-order chi connectivity index (χ1) is 9.02.